The summed E-state index contributed by atoms with van der Waals surface area (Å²) in [6.45, 7) is 6.41. The normalized spacial score (nSPS) is 15.7. The molecule has 0 bridgehead atoms. The maximum absolute atomic E-state index is 9.08. The highest BCUT2D eigenvalue weighted by molar-refractivity contribution is 5.18. The zero-order valence-corrected chi connectivity index (χ0v) is 8.33. The molecule has 1 rings (SSSR count). The summed E-state index contributed by atoms with van der Waals surface area (Å²) in [5, 5.41) is 19.1. The zero-order valence-electron chi connectivity index (χ0n) is 8.33. The van der Waals surface area contributed by atoms with Gasteiger partial charge in [0.1, 0.15) is 0 Å². The van der Waals surface area contributed by atoms with E-state index in [2.05, 4.69) is 22.4 Å². The third-order valence-electron chi connectivity index (χ3n) is 2.05. The van der Waals surface area contributed by atoms with Crippen LogP contribution in [0.25, 0.3) is 0 Å². The summed E-state index contributed by atoms with van der Waals surface area (Å²) in [6.07, 6.45) is 1.50. The van der Waals surface area contributed by atoms with Gasteiger partial charge in [0.2, 0.25) is 0 Å². The highest BCUT2D eigenvalue weighted by Crippen LogP contribution is 2.13. The van der Waals surface area contributed by atoms with E-state index in [0.717, 1.165) is 11.3 Å². The van der Waals surface area contributed by atoms with Crippen molar-refractivity contribution in [3.8, 4) is 0 Å². The van der Waals surface area contributed by atoms with E-state index in [1.807, 2.05) is 13.1 Å². The lowest BCUT2D eigenvalue weighted by Crippen LogP contribution is -2.27. The van der Waals surface area contributed by atoms with Gasteiger partial charge in [0, 0.05) is 23.8 Å². The lowest BCUT2D eigenvalue weighted by Gasteiger charge is -2.14. The molecule has 0 spiro atoms. The van der Waals surface area contributed by atoms with Gasteiger partial charge in [-0.2, -0.15) is 5.10 Å². The van der Waals surface area contributed by atoms with Crippen LogP contribution < -0.4 is 5.32 Å². The molecule has 0 amide bonds. The lowest BCUT2D eigenvalue weighted by atomic mass is 10.1. The molecule has 74 valence electrons. The van der Waals surface area contributed by atoms with Crippen LogP contribution in [0.1, 0.15) is 31.1 Å². The Balaban J connectivity index is 2.49. The van der Waals surface area contributed by atoms with E-state index in [0.29, 0.717) is 6.54 Å². The molecule has 0 saturated heterocycles. The van der Waals surface area contributed by atoms with Crippen molar-refractivity contribution in [2.75, 3.05) is 6.54 Å². The maximum Gasteiger partial charge on any atom is 0.0636 e. The van der Waals surface area contributed by atoms with Crippen molar-refractivity contribution < 1.29 is 5.11 Å². The minimum Gasteiger partial charge on any atom is -0.392 e. The molecule has 0 saturated carbocycles. The first kappa shape index (κ1) is 10.2. The van der Waals surface area contributed by atoms with Crippen LogP contribution in [-0.2, 0) is 0 Å². The summed E-state index contributed by atoms with van der Waals surface area (Å²) in [5.74, 6) is 0. The molecule has 0 fully saturated rings. The number of nitrogens with zero attached hydrogens (tertiary/aromatic N) is 1. The van der Waals surface area contributed by atoms with Gasteiger partial charge < -0.3 is 10.4 Å². The van der Waals surface area contributed by atoms with Crippen LogP contribution in [0, 0.1) is 6.92 Å². The Kier molecular flexibility index (Phi) is 3.45. The smallest absolute Gasteiger partial charge is 0.0636 e. The summed E-state index contributed by atoms with van der Waals surface area (Å²) >= 11 is 0. The Labute approximate surface area is 78.4 Å². The monoisotopic (exact) mass is 183 g/mol. The highest BCUT2D eigenvalue weighted by Gasteiger charge is 2.09. The average molecular weight is 183 g/mol. The van der Waals surface area contributed by atoms with Crippen LogP contribution in [0.4, 0.5) is 0 Å². The van der Waals surface area contributed by atoms with E-state index >= 15 is 0 Å². The quantitative estimate of drug-likeness (QED) is 0.645. The molecule has 4 heteroatoms. The first-order valence-electron chi connectivity index (χ1n) is 4.52. The van der Waals surface area contributed by atoms with E-state index in [-0.39, 0.29) is 12.1 Å². The standard InChI is InChI=1S/C9H17N3O/c1-6(13)4-10-7(2)9-5-11-12-8(9)3/h5-7,10,13H,4H2,1-3H3,(H,11,12). The van der Waals surface area contributed by atoms with Crippen molar-refractivity contribution in [1.82, 2.24) is 15.5 Å². The van der Waals surface area contributed by atoms with Crippen molar-refractivity contribution in [1.29, 1.82) is 0 Å². The molecule has 2 atom stereocenters. The SMILES string of the molecule is Cc1[nH]ncc1C(C)NCC(C)O. The van der Waals surface area contributed by atoms with Crippen LogP contribution >= 0.6 is 0 Å². The average Bonchev–Trinajstić information content (AvgIpc) is 2.47. The van der Waals surface area contributed by atoms with E-state index in [4.69, 9.17) is 5.11 Å². The van der Waals surface area contributed by atoms with E-state index in [9.17, 15) is 0 Å². The number of aromatic amines is 1. The van der Waals surface area contributed by atoms with Crippen LogP contribution in [-0.4, -0.2) is 28.0 Å². The first-order chi connectivity index (χ1) is 6.11. The molecule has 0 aliphatic heterocycles. The van der Waals surface area contributed by atoms with Crippen LogP contribution in [0.2, 0.25) is 0 Å². The van der Waals surface area contributed by atoms with Crippen molar-refractivity contribution in [2.45, 2.75) is 32.9 Å². The summed E-state index contributed by atoms with van der Waals surface area (Å²) in [4.78, 5) is 0. The van der Waals surface area contributed by atoms with Crippen LogP contribution in [0.5, 0.6) is 0 Å². The van der Waals surface area contributed by atoms with E-state index in [1.165, 1.54) is 0 Å². The summed E-state index contributed by atoms with van der Waals surface area (Å²) in [7, 11) is 0. The molecule has 0 aliphatic rings. The van der Waals surface area contributed by atoms with Crippen molar-refractivity contribution in [3.05, 3.63) is 17.5 Å². The van der Waals surface area contributed by atoms with Gasteiger partial charge in [0.05, 0.1) is 12.3 Å². The van der Waals surface area contributed by atoms with Crippen LogP contribution in [0.15, 0.2) is 6.20 Å². The second-order valence-electron chi connectivity index (χ2n) is 3.43. The fraction of sp³-hybridized carbons (Fsp3) is 0.667. The molecule has 3 N–H and O–H groups in total. The molecular formula is C9H17N3O. The third-order valence-corrected chi connectivity index (χ3v) is 2.05. The lowest BCUT2D eigenvalue weighted by molar-refractivity contribution is 0.187. The molecule has 13 heavy (non-hydrogen) atoms. The fourth-order valence-electron chi connectivity index (χ4n) is 1.25. The van der Waals surface area contributed by atoms with Crippen molar-refractivity contribution >= 4 is 0 Å². The Morgan fingerprint density at radius 2 is 2.31 bits per heavy atom. The predicted molar refractivity (Wildman–Crippen MR) is 51.4 cm³/mol. The number of nitrogens with one attached hydrogen (secondary N) is 2. The van der Waals surface area contributed by atoms with Gasteiger partial charge in [0.25, 0.3) is 0 Å². The molecule has 0 radical (unpaired) electrons. The molecule has 4 nitrogen and oxygen atoms in total. The Morgan fingerprint density at radius 1 is 1.62 bits per heavy atom. The molecule has 1 aromatic rings. The Morgan fingerprint density at radius 3 is 2.77 bits per heavy atom. The second-order valence-corrected chi connectivity index (χ2v) is 3.43. The Hall–Kier alpha value is -0.870. The highest BCUT2D eigenvalue weighted by atomic mass is 16.3. The number of aliphatic hydroxyl groups is 1. The number of aryl methyl sites for hydroxylation is 1. The zero-order chi connectivity index (χ0) is 9.84. The molecule has 0 aliphatic carbocycles. The van der Waals surface area contributed by atoms with Crippen molar-refractivity contribution in [2.24, 2.45) is 0 Å². The number of rotatable bonds is 4. The van der Waals surface area contributed by atoms with Gasteiger partial charge in [-0.3, -0.25) is 5.10 Å². The summed E-state index contributed by atoms with van der Waals surface area (Å²) in [5.41, 5.74) is 2.23. The molecule has 0 aromatic carbocycles. The van der Waals surface area contributed by atoms with Crippen LogP contribution in [0.3, 0.4) is 0 Å². The molecule has 1 aromatic heterocycles. The number of hydrogen-bond acceptors (Lipinski definition) is 3. The minimum atomic E-state index is -0.311. The van der Waals surface area contributed by atoms with Gasteiger partial charge in [0.15, 0.2) is 0 Å². The van der Waals surface area contributed by atoms with Gasteiger partial charge in [-0.15, -0.1) is 0 Å². The molecule has 1 heterocycles. The molecule has 2 unspecified atom stereocenters. The van der Waals surface area contributed by atoms with E-state index < -0.39 is 0 Å². The van der Waals surface area contributed by atoms with Gasteiger partial charge >= 0.3 is 0 Å². The largest absolute Gasteiger partial charge is 0.392 e. The number of hydrogen-bond donors (Lipinski definition) is 3. The predicted octanol–water partition coefficient (Wildman–Crippen LogP) is 0.750. The Bertz CT molecular complexity index is 257. The summed E-state index contributed by atoms with van der Waals surface area (Å²) in [6, 6.07) is 0.230. The number of aromatic nitrogens is 2. The third kappa shape index (κ3) is 2.82. The van der Waals surface area contributed by atoms with E-state index in [1.54, 1.807) is 6.92 Å². The topological polar surface area (TPSA) is 60.9 Å². The second kappa shape index (κ2) is 4.39. The van der Waals surface area contributed by atoms with Crippen molar-refractivity contribution in [3.63, 3.8) is 0 Å². The maximum atomic E-state index is 9.08. The fourth-order valence-corrected chi connectivity index (χ4v) is 1.25. The first-order valence-corrected chi connectivity index (χ1v) is 4.52. The minimum absolute atomic E-state index is 0.230. The summed E-state index contributed by atoms with van der Waals surface area (Å²) < 4.78 is 0. The number of aliphatic hydroxyl groups excluding tert-OH is 1. The molecular weight excluding hydrogens is 166 g/mol. The van der Waals surface area contributed by atoms with Gasteiger partial charge in [-0.05, 0) is 20.8 Å². The van der Waals surface area contributed by atoms with Gasteiger partial charge in [-0.25, -0.2) is 0 Å². The number of H-pyrrole nitrogens is 1. The van der Waals surface area contributed by atoms with Gasteiger partial charge in [-0.1, -0.05) is 0 Å².